The molecule has 1 aromatic rings. The molecule has 1 N–H and O–H groups in total. The van der Waals surface area contributed by atoms with E-state index in [4.69, 9.17) is 11.6 Å². The van der Waals surface area contributed by atoms with Crippen molar-refractivity contribution in [1.82, 2.24) is 5.32 Å². The van der Waals surface area contributed by atoms with Crippen LogP contribution >= 0.6 is 11.6 Å². The molecule has 0 spiro atoms. The molecule has 1 nitrogen and oxygen atoms in total. The maximum Gasteiger partial charge on any atom is 0.0406 e. The molecule has 1 atom stereocenters. The van der Waals surface area contributed by atoms with Crippen LogP contribution in [-0.4, -0.2) is 6.04 Å². The van der Waals surface area contributed by atoms with Gasteiger partial charge in [0, 0.05) is 17.1 Å². The van der Waals surface area contributed by atoms with E-state index in [0.717, 1.165) is 16.9 Å². The standard InChI is InChI=1S/C17H26ClN/c1-11(2)14-9-16(10-14)19-17(12(3)4)13-5-7-15(18)8-6-13/h5-8,11-12,14,16-17,19H,9-10H2,1-4H3. The Morgan fingerprint density at radius 1 is 1.05 bits per heavy atom. The molecule has 1 unspecified atom stereocenters. The van der Waals surface area contributed by atoms with Crippen LogP contribution in [0.2, 0.25) is 5.02 Å². The van der Waals surface area contributed by atoms with Crippen LogP contribution in [0.15, 0.2) is 24.3 Å². The lowest BCUT2D eigenvalue weighted by Gasteiger charge is -2.41. The van der Waals surface area contributed by atoms with Gasteiger partial charge in [-0.2, -0.15) is 0 Å². The normalized spacial score (nSPS) is 24.6. The Bertz CT molecular complexity index is 390. The molecule has 0 aliphatic heterocycles. The summed E-state index contributed by atoms with van der Waals surface area (Å²) < 4.78 is 0. The second-order valence-electron chi connectivity index (χ2n) is 6.61. The van der Waals surface area contributed by atoms with Crippen LogP contribution in [0.4, 0.5) is 0 Å². The quantitative estimate of drug-likeness (QED) is 0.794. The average Bonchev–Trinajstić information content (AvgIpc) is 2.28. The fraction of sp³-hybridized carbons (Fsp3) is 0.647. The van der Waals surface area contributed by atoms with Gasteiger partial charge in [-0.25, -0.2) is 0 Å². The molecule has 0 bridgehead atoms. The van der Waals surface area contributed by atoms with E-state index in [-0.39, 0.29) is 0 Å². The summed E-state index contributed by atoms with van der Waals surface area (Å²) in [5, 5.41) is 4.65. The zero-order valence-corrected chi connectivity index (χ0v) is 13.2. The van der Waals surface area contributed by atoms with Gasteiger partial charge in [0.1, 0.15) is 0 Å². The molecule has 0 heterocycles. The Labute approximate surface area is 122 Å². The van der Waals surface area contributed by atoms with E-state index in [1.54, 1.807) is 0 Å². The topological polar surface area (TPSA) is 12.0 Å². The number of rotatable bonds is 5. The molecule has 0 amide bonds. The maximum atomic E-state index is 5.97. The van der Waals surface area contributed by atoms with Crippen molar-refractivity contribution in [3.8, 4) is 0 Å². The third kappa shape index (κ3) is 3.73. The fourth-order valence-corrected chi connectivity index (χ4v) is 3.07. The summed E-state index contributed by atoms with van der Waals surface area (Å²) in [6.07, 6.45) is 2.66. The van der Waals surface area contributed by atoms with Crippen LogP contribution in [0.25, 0.3) is 0 Å². The smallest absolute Gasteiger partial charge is 0.0406 e. The summed E-state index contributed by atoms with van der Waals surface area (Å²) in [7, 11) is 0. The van der Waals surface area contributed by atoms with Crippen LogP contribution in [0.1, 0.15) is 52.1 Å². The van der Waals surface area contributed by atoms with Gasteiger partial charge in [-0.3, -0.25) is 0 Å². The first-order valence-corrected chi connectivity index (χ1v) is 7.86. The third-order valence-electron chi connectivity index (χ3n) is 4.43. The first-order chi connectivity index (χ1) is 8.97. The van der Waals surface area contributed by atoms with Gasteiger partial charge in [-0.1, -0.05) is 51.4 Å². The molecule has 1 aromatic carbocycles. The average molecular weight is 280 g/mol. The summed E-state index contributed by atoms with van der Waals surface area (Å²) in [6.45, 7) is 9.23. The highest BCUT2D eigenvalue weighted by molar-refractivity contribution is 6.30. The highest BCUT2D eigenvalue weighted by atomic mass is 35.5. The Kier molecular flexibility index (Phi) is 4.92. The number of hydrogen-bond acceptors (Lipinski definition) is 1. The van der Waals surface area contributed by atoms with Crippen molar-refractivity contribution < 1.29 is 0 Å². The number of hydrogen-bond donors (Lipinski definition) is 1. The lowest BCUT2D eigenvalue weighted by Crippen LogP contribution is -2.45. The van der Waals surface area contributed by atoms with E-state index < -0.39 is 0 Å². The van der Waals surface area contributed by atoms with Crippen LogP contribution in [0.3, 0.4) is 0 Å². The summed E-state index contributed by atoms with van der Waals surface area (Å²) >= 11 is 5.97. The molecule has 1 fully saturated rings. The molecule has 2 heteroatoms. The fourth-order valence-electron chi connectivity index (χ4n) is 2.94. The molecule has 1 aliphatic rings. The largest absolute Gasteiger partial charge is 0.307 e. The van der Waals surface area contributed by atoms with Gasteiger partial charge in [-0.15, -0.1) is 0 Å². The van der Waals surface area contributed by atoms with E-state index in [9.17, 15) is 0 Å². The minimum Gasteiger partial charge on any atom is -0.307 e. The molecule has 0 saturated heterocycles. The predicted octanol–water partition coefficient (Wildman–Crippen LogP) is 5.06. The van der Waals surface area contributed by atoms with E-state index in [2.05, 4.69) is 45.1 Å². The highest BCUT2D eigenvalue weighted by Crippen LogP contribution is 2.36. The molecule has 1 saturated carbocycles. The summed E-state index contributed by atoms with van der Waals surface area (Å²) in [6, 6.07) is 9.42. The van der Waals surface area contributed by atoms with Gasteiger partial charge in [0.2, 0.25) is 0 Å². The zero-order chi connectivity index (χ0) is 14.0. The summed E-state index contributed by atoms with van der Waals surface area (Å²) in [5.74, 6) is 2.33. The molecule has 2 rings (SSSR count). The Balaban J connectivity index is 1.96. The van der Waals surface area contributed by atoms with Gasteiger partial charge in [0.05, 0.1) is 0 Å². The van der Waals surface area contributed by atoms with Crippen molar-refractivity contribution in [2.45, 2.75) is 52.6 Å². The van der Waals surface area contributed by atoms with E-state index in [0.29, 0.717) is 18.0 Å². The Morgan fingerprint density at radius 3 is 2.11 bits per heavy atom. The van der Waals surface area contributed by atoms with Crippen molar-refractivity contribution in [1.29, 1.82) is 0 Å². The monoisotopic (exact) mass is 279 g/mol. The SMILES string of the molecule is CC(C)C1CC(NC(c2ccc(Cl)cc2)C(C)C)C1. The molecule has 0 aromatic heterocycles. The van der Waals surface area contributed by atoms with Crippen molar-refractivity contribution in [2.24, 2.45) is 17.8 Å². The molecule has 19 heavy (non-hydrogen) atoms. The van der Waals surface area contributed by atoms with Gasteiger partial charge in [0.15, 0.2) is 0 Å². The van der Waals surface area contributed by atoms with Crippen LogP contribution < -0.4 is 5.32 Å². The van der Waals surface area contributed by atoms with Crippen LogP contribution in [-0.2, 0) is 0 Å². The van der Waals surface area contributed by atoms with Crippen molar-refractivity contribution in [3.05, 3.63) is 34.9 Å². The predicted molar refractivity (Wildman–Crippen MR) is 83.5 cm³/mol. The van der Waals surface area contributed by atoms with Gasteiger partial charge < -0.3 is 5.32 Å². The minimum absolute atomic E-state index is 0.440. The second kappa shape index (κ2) is 6.28. The first-order valence-electron chi connectivity index (χ1n) is 7.49. The van der Waals surface area contributed by atoms with Crippen molar-refractivity contribution in [2.75, 3.05) is 0 Å². The molecular weight excluding hydrogens is 254 g/mol. The van der Waals surface area contributed by atoms with E-state index >= 15 is 0 Å². The van der Waals surface area contributed by atoms with E-state index in [1.807, 2.05) is 12.1 Å². The molecule has 106 valence electrons. The minimum atomic E-state index is 0.440. The lowest BCUT2D eigenvalue weighted by atomic mass is 9.73. The first kappa shape index (κ1) is 14.9. The van der Waals surface area contributed by atoms with Crippen LogP contribution in [0.5, 0.6) is 0 Å². The molecule has 1 aliphatic carbocycles. The zero-order valence-electron chi connectivity index (χ0n) is 12.5. The summed E-state index contributed by atoms with van der Waals surface area (Å²) in [5.41, 5.74) is 1.35. The molecule has 0 radical (unpaired) electrons. The van der Waals surface area contributed by atoms with Gasteiger partial charge in [-0.05, 0) is 48.3 Å². The Morgan fingerprint density at radius 2 is 1.63 bits per heavy atom. The van der Waals surface area contributed by atoms with Crippen LogP contribution in [0, 0.1) is 17.8 Å². The third-order valence-corrected chi connectivity index (χ3v) is 4.68. The number of halogens is 1. The lowest BCUT2D eigenvalue weighted by molar-refractivity contribution is 0.148. The number of benzene rings is 1. The maximum absolute atomic E-state index is 5.97. The Hall–Kier alpha value is -0.530. The van der Waals surface area contributed by atoms with Crippen molar-refractivity contribution >= 4 is 11.6 Å². The highest BCUT2D eigenvalue weighted by Gasteiger charge is 2.33. The van der Waals surface area contributed by atoms with Gasteiger partial charge >= 0.3 is 0 Å². The van der Waals surface area contributed by atoms with Crippen molar-refractivity contribution in [3.63, 3.8) is 0 Å². The van der Waals surface area contributed by atoms with E-state index in [1.165, 1.54) is 18.4 Å². The summed E-state index contributed by atoms with van der Waals surface area (Å²) in [4.78, 5) is 0. The number of nitrogens with one attached hydrogen (secondary N) is 1. The second-order valence-corrected chi connectivity index (χ2v) is 7.05. The van der Waals surface area contributed by atoms with Gasteiger partial charge in [0.25, 0.3) is 0 Å². The molecular formula is C17H26ClN.